The molecule has 3 amide bonds. The molecular formula is C60H85N9O7S. The minimum atomic E-state index is -0.955. The third-order valence-corrected chi connectivity index (χ3v) is 19.2. The van der Waals surface area contributed by atoms with Gasteiger partial charge in [0.15, 0.2) is 0 Å². The lowest BCUT2D eigenvalue weighted by atomic mass is 9.63. The van der Waals surface area contributed by atoms with Gasteiger partial charge in [-0.05, 0) is 159 Å². The van der Waals surface area contributed by atoms with Gasteiger partial charge in [0.2, 0.25) is 0 Å². The van der Waals surface area contributed by atoms with Crippen LogP contribution in [0.5, 0.6) is 0 Å². The molecule has 1 spiro atoms. The number of piperidine rings is 1. The Balaban J connectivity index is 1.05. The van der Waals surface area contributed by atoms with Gasteiger partial charge in [0.1, 0.15) is 17.1 Å². The van der Waals surface area contributed by atoms with E-state index in [9.17, 15) is 9.59 Å². The van der Waals surface area contributed by atoms with Crippen LogP contribution in [0, 0.1) is 10.8 Å². The number of fused-ring (bicyclic) bond motifs is 6. The van der Waals surface area contributed by atoms with Crippen LogP contribution in [0.3, 0.4) is 0 Å². The molecule has 8 heterocycles. The number of cyclic esters (lactones) is 1. The minimum Gasteiger partial charge on any atom is -0.464 e. The summed E-state index contributed by atoms with van der Waals surface area (Å²) in [4.78, 5) is 61.5. The Labute approximate surface area is 460 Å². The molecule has 2 saturated carbocycles. The molecule has 2 aliphatic carbocycles. The standard InChI is InChI=1S/C60H85N9O7S/c1-37(2)74-27-19-39(4)75-28-26-68-50-15-12-42-29-45(50)47(53(68)46-30-43(32-61-51(46)40(5)73-8)41-17-23-65(24-18-41)44-13-14-44)31-59(6,7)36-76-57(71)48-11-9-22-69(64-48)56(70)52(63-58(72)67-25-16-38(67)3)54(55-62-49(42)33-77-55)66-34-60(35-66)20-10-21-60/h12,15,29-30,32-33,37-41,44,48,52,54,64H,9-11,13-14,16-28,31,34-36H2,1-8H3,(H,63,72)/t38-,39-,40+,48+,52+,54+/m1/s1. The second-order valence-corrected chi connectivity index (χ2v) is 25.9. The second kappa shape index (κ2) is 22.6. The summed E-state index contributed by atoms with van der Waals surface area (Å²) >= 11 is 1.55. The van der Waals surface area contributed by atoms with E-state index in [0.29, 0.717) is 58.0 Å². The molecular weight excluding hydrogens is 991 g/mol. The summed E-state index contributed by atoms with van der Waals surface area (Å²) in [5, 5.41) is 8.84. The zero-order chi connectivity index (χ0) is 53.8. The largest absolute Gasteiger partial charge is 0.464 e. The maximum Gasteiger partial charge on any atom is 0.324 e. The number of hydrazine groups is 1. The van der Waals surface area contributed by atoms with Crippen molar-refractivity contribution in [2.24, 2.45) is 10.8 Å². The number of amides is 3. The van der Waals surface area contributed by atoms with Gasteiger partial charge in [0.25, 0.3) is 5.91 Å². The molecule has 11 rings (SSSR count). The molecule has 16 nitrogen and oxygen atoms in total. The monoisotopic (exact) mass is 1080 g/mol. The van der Waals surface area contributed by atoms with E-state index in [1.165, 1.54) is 24.8 Å². The molecule has 4 saturated heterocycles. The number of nitrogens with zero attached hydrogens (tertiary/aromatic N) is 7. The van der Waals surface area contributed by atoms with E-state index >= 15 is 4.79 Å². The number of urea groups is 1. The summed E-state index contributed by atoms with van der Waals surface area (Å²) in [7, 11) is 1.76. The Bertz CT molecular complexity index is 2770. The molecule has 4 aromatic rings. The van der Waals surface area contributed by atoms with E-state index in [2.05, 4.69) is 102 Å². The molecule has 7 aliphatic rings. The first kappa shape index (κ1) is 54.5. The van der Waals surface area contributed by atoms with Crippen LogP contribution in [0.4, 0.5) is 4.79 Å². The van der Waals surface area contributed by atoms with Crippen molar-refractivity contribution in [1.29, 1.82) is 0 Å². The molecule has 418 valence electrons. The number of likely N-dealkylation sites (tertiary alicyclic amines) is 3. The quantitative estimate of drug-likeness (QED) is 0.109. The third-order valence-electron chi connectivity index (χ3n) is 18.3. The molecule has 6 atom stereocenters. The number of hydrogen-bond acceptors (Lipinski definition) is 13. The molecule has 0 radical (unpaired) electrons. The van der Waals surface area contributed by atoms with Crippen molar-refractivity contribution in [3.63, 3.8) is 0 Å². The number of nitrogens with one attached hydrogen (secondary N) is 2. The first-order valence-corrected chi connectivity index (χ1v) is 30.1. The van der Waals surface area contributed by atoms with Gasteiger partial charge < -0.3 is 38.6 Å². The molecule has 1 aromatic carbocycles. The van der Waals surface area contributed by atoms with Crippen LogP contribution >= 0.6 is 11.3 Å². The maximum absolute atomic E-state index is 15.2. The smallest absolute Gasteiger partial charge is 0.324 e. The van der Waals surface area contributed by atoms with Crippen LogP contribution in [-0.4, -0.2) is 155 Å². The highest BCUT2D eigenvalue weighted by atomic mass is 32.1. The number of esters is 1. The van der Waals surface area contributed by atoms with Gasteiger partial charge in [0, 0.05) is 97.5 Å². The highest BCUT2D eigenvalue weighted by Gasteiger charge is 2.53. The number of pyridine rings is 1. The Hall–Kier alpha value is -4.49. The average molecular weight is 1080 g/mol. The van der Waals surface area contributed by atoms with Crippen LogP contribution in [0.25, 0.3) is 33.4 Å². The van der Waals surface area contributed by atoms with Crippen molar-refractivity contribution >= 4 is 40.1 Å². The number of rotatable bonds is 15. The zero-order valence-corrected chi connectivity index (χ0v) is 47.9. The number of aromatic nitrogens is 3. The van der Waals surface area contributed by atoms with E-state index in [4.69, 9.17) is 28.9 Å². The van der Waals surface area contributed by atoms with Crippen molar-refractivity contribution in [2.45, 2.75) is 186 Å². The highest BCUT2D eigenvalue weighted by molar-refractivity contribution is 7.10. The number of benzene rings is 1. The van der Waals surface area contributed by atoms with E-state index < -0.39 is 29.5 Å². The van der Waals surface area contributed by atoms with Crippen LogP contribution < -0.4 is 10.7 Å². The summed E-state index contributed by atoms with van der Waals surface area (Å²) < 4.78 is 27.5. The van der Waals surface area contributed by atoms with E-state index in [-0.39, 0.29) is 48.3 Å². The van der Waals surface area contributed by atoms with Crippen molar-refractivity contribution in [1.82, 2.24) is 45.0 Å². The summed E-state index contributed by atoms with van der Waals surface area (Å²) in [5.41, 5.74) is 11.3. The van der Waals surface area contributed by atoms with E-state index in [1.54, 1.807) is 23.5 Å². The molecule has 5 aliphatic heterocycles. The van der Waals surface area contributed by atoms with Crippen LogP contribution in [0.2, 0.25) is 0 Å². The molecule has 17 heteroatoms. The molecule has 2 N–H and O–H groups in total. The van der Waals surface area contributed by atoms with Crippen LogP contribution in [-0.2, 0) is 41.5 Å². The van der Waals surface area contributed by atoms with Gasteiger partial charge in [-0.1, -0.05) is 26.3 Å². The van der Waals surface area contributed by atoms with Gasteiger partial charge in [-0.2, -0.15) is 0 Å². The first-order valence-electron chi connectivity index (χ1n) is 29.2. The lowest BCUT2D eigenvalue weighted by molar-refractivity contribution is -0.156. The van der Waals surface area contributed by atoms with Crippen molar-refractivity contribution in [3.8, 4) is 22.5 Å². The molecule has 77 heavy (non-hydrogen) atoms. The molecule has 0 unspecified atom stereocenters. The molecule has 6 fully saturated rings. The van der Waals surface area contributed by atoms with Gasteiger partial charge in [-0.25, -0.2) is 15.2 Å². The van der Waals surface area contributed by atoms with Crippen molar-refractivity contribution < 1.29 is 33.3 Å². The predicted molar refractivity (Wildman–Crippen MR) is 299 cm³/mol. The Kier molecular flexibility index (Phi) is 16.0. The Morgan fingerprint density at radius 2 is 1.74 bits per heavy atom. The summed E-state index contributed by atoms with van der Waals surface area (Å²) in [6.07, 6.45) is 13.8. The van der Waals surface area contributed by atoms with Gasteiger partial charge in [-0.15, -0.1) is 11.3 Å². The highest BCUT2D eigenvalue weighted by Crippen LogP contribution is 2.52. The number of hydrogen-bond donors (Lipinski definition) is 2. The third kappa shape index (κ3) is 11.5. The molecule has 6 bridgehead atoms. The van der Waals surface area contributed by atoms with Crippen LogP contribution in [0.15, 0.2) is 35.8 Å². The normalized spacial score (nSPS) is 26.0. The number of methoxy groups -OCH3 is 1. The fourth-order valence-corrected chi connectivity index (χ4v) is 14.1. The fourth-order valence-electron chi connectivity index (χ4n) is 13.1. The number of carbonyl (C=O) groups excluding carboxylic acids is 3. The Morgan fingerprint density at radius 1 is 0.948 bits per heavy atom. The van der Waals surface area contributed by atoms with Gasteiger partial charge >= 0.3 is 12.0 Å². The summed E-state index contributed by atoms with van der Waals surface area (Å²) in [6, 6.07) is 7.51. The zero-order valence-electron chi connectivity index (χ0n) is 47.1. The SMILES string of the molecule is CO[C@@H](C)c1ncc(C2CCN(C3CC3)CC2)cc1-c1c2c3cc(ccc3n1CCO[C@H](C)CCOC(C)C)-c1csc(n1)[C@@H](N1CC3(CCC3)C1)[C@H](NC(=O)N1CC[C@H]1C)C(=O)N1CCC[C@H](N1)C(=O)OCC(C)(C)C2. The number of carbonyl (C=O) groups is 3. The minimum absolute atomic E-state index is 0.00300. The second-order valence-electron chi connectivity index (χ2n) is 25.0. The van der Waals surface area contributed by atoms with E-state index in [0.717, 1.165) is 120 Å². The predicted octanol–water partition coefficient (Wildman–Crippen LogP) is 9.42. The van der Waals surface area contributed by atoms with Crippen molar-refractivity contribution in [3.05, 3.63) is 57.7 Å². The maximum atomic E-state index is 15.2. The van der Waals surface area contributed by atoms with Crippen LogP contribution in [0.1, 0.15) is 159 Å². The van der Waals surface area contributed by atoms with E-state index in [1.807, 2.05) is 11.8 Å². The number of ether oxygens (including phenoxy) is 4. The lowest BCUT2D eigenvalue weighted by Crippen LogP contribution is -2.68. The first-order chi connectivity index (χ1) is 37.1. The summed E-state index contributed by atoms with van der Waals surface area (Å²) in [5.74, 6) is -0.271. The van der Waals surface area contributed by atoms with Gasteiger partial charge in [0.05, 0.1) is 54.6 Å². The lowest BCUT2D eigenvalue weighted by Gasteiger charge is -2.59. The summed E-state index contributed by atoms with van der Waals surface area (Å²) in [6.45, 7) is 21.5. The fraction of sp³-hybridized carbons (Fsp3) is 0.683. The van der Waals surface area contributed by atoms with Gasteiger partial charge in [-0.3, -0.25) is 24.5 Å². The van der Waals surface area contributed by atoms with Crippen molar-refractivity contribution in [2.75, 3.05) is 66.2 Å². The average Bonchev–Trinajstić information content (AvgIpc) is 4.12. The number of thiazole rings is 1. The Morgan fingerprint density at radius 3 is 2.43 bits per heavy atom. The molecule has 3 aromatic heterocycles. The topological polar surface area (TPSA) is 156 Å².